The standard InChI is InChI=1S/C23H17F9N6/c1-10-4-12(21(24,25)26)8-14(6-10)33-16-17(34-15-7-11(2)5-13(9-15)22(27,28)29)36-19-18(35-16)37-20(38(19)3)23(30,31)32/h4-9H,1-3H3,(H,33,35)(H,34,36). The minimum Gasteiger partial charge on any atom is -0.337 e. The predicted molar refractivity (Wildman–Crippen MR) is 120 cm³/mol. The Morgan fingerprint density at radius 2 is 1.05 bits per heavy atom. The maximum absolute atomic E-state index is 13.4. The Kier molecular flexibility index (Phi) is 6.44. The molecule has 0 fully saturated rings. The van der Waals surface area contributed by atoms with Crippen molar-refractivity contribution in [1.29, 1.82) is 0 Å². The first-order chi connectivity index (χ1) is 17.4. The average Bonchev–Trinajstić information content (AvgIpc) is 3.08. The fourth-order valence-electron chi connectivity index (χ4n) is 3.73. The van der Waals surface area contributed by atoms with Gasteiger partial charge in [-0.3, -0.25) is 0 Å². The molecule has 0 aliphatic rings. The lowest BCUT2D eigenvalue weighted by molar-refractivity contribution is -0.146. The molecule has 0 amide bonds. The molecule has 2 N–H and O–H groups in total. The SMILES string of the molecule is Cc1cc(Nc2nc3nc(C(F)(F)F)n(C)c3nc2Nc2cc(C)cc(C(F)(F)F)c2)cc(C(F)(F)F)c1. The number of hydrogen-bond acceptors (Lipinski definition) is 5. The smallest absolute Gasteiger partial charge is 0.337 e. The molecule has 0 bridgehead atoms. The summed E-state index contributed by atoms with van der Waals surface area (Å²) in [5.41, 5.74) is -2.72. The van der Waals surface area contributed by atoms with E-state index in [1.165, 1.54) is 26.0 Å². The van der Waals surface area contributed by atoms with Gasteiger partial charge in [-0.05, 0) is 61.4 Å². The van der Waals surface area contributed by atoms with Crippen molar-refractivity contribution in [3.8, 4) is 0 Å². The molecule has 4 aromatic rings. The van der Waals surface area contributed by atoms with Crippen LogP contribution in [0.4, 0.5) is 62.5 Å². The van der Waals surface area contributed by atoms with E-state index in [1.807, 2.05) is 0 Å². The second-order valence-electron chi connectivity index (χ2n) is 8.48. The topological polar surface area (TPSA) is 67.7 Å². The van der Waals surface area contributed by atoms with E-state index < -0.39 is 41.1 Å². The fourth-order valence-corrected chi connectivity index (χ4v) is 3.73. The lowest BCUT2D eigenvalue weighted by Crippen LogP contribution is -2.12. The van der Waals surface area contributed by atoms with E-state index in [0.717, 1.165) is 31.3 Å². The molecule has 4 rings (SSSR count). The van der Waals surface area contributed by atoms with Gasteiger partial charge in [0.2, 0.25) is 5.82 Å². The van der Waals surface area contributed by atoms with E-state index >= 15 is 0 Å². The zero-order valence-electron chi connectivity index (χ0n) is 19.7. The van der Waals surface area contributed by atoms with E-state index in [4.69, 9.17) is 0 Å². The molecule has 0 unspecified atom stereocenters. The number of alkyl halides is 9. The van der Waals surface area contributed by atoms with Crippen LogP contribution in [0.15, 0.2) is 36.4 Å². The molecular weight excluding hydrogens is 531 g/mol. The van der Waals surface area contributed by atoms with Crippen molar-refractivity contribution < 1.29 is 39.5 Å². The first-order valence-electron chi connectivity index (χ1n) is 10.7. The van der Waals surface area contributed by atoms with Gasteiger partial charge in [0.25, 0.3) is 0 Å². The summed E-state index contributed by atoms with van der Waals surface area (Å²) >= 11 is 0. The third-order valence-corrected chi connectivity index (χ3v) is 5.30. The van der Waals surface area contributed by atoms with Gasteiger partial charge in [-0.1, -0.05) is 0 Å². The number of imidazole rings is 1. The van der Waals surface area contributed by atoms with Gasteiger partial charge in [-0.15, -0.1) is 0 Å². The highest BCUT2D eigenvalue weighted by Gasteiger charge is 2.38. The molecule has 2 heterocycles. The molecule has 0 aliphatic carbocycles. The molecule has 0 saturated heterocycles. The summed E-state index contributed by atoms with van der Waals surface area (Å²) in [6.07, 6.45) is -14.3. The highest BCUT2D eigenvalue weighted by molar-refractivity contribution is 5.80. The molecule has 6 nitrogen and oxygen atoms in total. The molecule has 0 aliphatic heterocycles. The third-order valence-electron chi connectivity index (χ3n) is 5.30. The highest BCUT2D eigenvalue weighted by Crippen LogP contribution is 2.37. The minimum absolute atomic E-state index is 0.132. The Hall–Kier alpha value is -4.04. The molecule has 0 atom stereocenters. The van der Waals surface area contributed by atoms with Crippen molar-refractivity contribution in [3.63, 3.8) is 0 Å². The number of aryl methyl sites for hydroxylation is 3. The summed E-state index contributed by atoms with van der Waals surface area (Å²) in [5, 5.41) is 5.17. The summed E-state index contributed by atoms with van der Waals surface area (Å²) < 4.78 is 121. The van der Waals surface area contributed by atoms with Gasteiger partial charge >= 0.3 is 18.5 Å². The highest BCUT2D eigenvalue weighted by atomic mass is 19.4. The van der Waals surface area contributed by atoms with E-state index in [2.05, 4.69) is 25.6 Å². The molecule has 0 radical (unpaired) electrons. The van der Waals surface area contributed by atoms with Gasteiger partial charge in [-0.25, -0.2) is 15.0 Å². The molecule has 202 valence electrons. The number of fused-ring (bicyclic) bond motifs is 1. The molecule has 2 aromatic heterocycles. The van der Waals surface area contributed by atoms with Gasteiger partial charge in [-0.2, -0.15) is 39.5 Å². The molecule has 38 heavy (non-hydrogen) atoms. The quantitative estimate of drug-likeness (QED) is 0.258. The second-order valence-corrected chi connectivity index (χ2v) is 8.48. The number of aromatic nitrogens is 4. The number of nitrogens with zero attached hydrogens (tertiary/aromatic N) is 4. The van der Waals surface area contributed by atoms with Crippen molar-refractivity contribution in [2.75, 3.05) is 10.6 Å². The monoisotopic (exact) mass is 548 g/mol. The van der Waals surface area contributed by atoms with Crippen molar-refractivity contribution >= 4 is 34.3 Å². The van der Waals surface area contributed by atoms with Gasteiger partial charge in [0.15, 0.2) is 22.9 Å². The van der Waals surface area contributed by atoms with Crippen molar-refractivity contribution in [2.24, 2.45) is 7.05 Å². The van der Waals surface area contributed by atoms with Crippen molar-refractivity contribution in [2.45, 2.75) is 32.4 Å². The maximum atomic E-state index is 13.4. The van der Waals surface area contributed by atoms with Crippen LogP contribution in [0.5, 0.6) is 0 Å². The van der Waals surface area contributed by atoms with Crippen LogP contribution in [0.2, 0.25) is 0 Å². The summed E-state index contributed by atoms with van der Waals surface area (Å²) in [6.45, 7) is 2.80. The van der Waals surface area contributed by atoms with Crippen LogP contribution in [0.25, 0.3) is 11.3 Å². The largest absolute Gasteiger partial charge is 0.449 e. The summed E-state index contributed by atoms with van der Waals surface area (Å²) in [7, 11) is 1.02. The molecule has 0 saturated carbocycles. The Morgan fingerprint density at radius 1 is 0.605 bits per heavy atom. The third kappa shape index (κ3) is 5.60. The lowest BCUT2D eigenvalue weighted by atomic mass is 10.1. The van der Waals surface area contributed by atoms with Crippen LogP contribution in [0.1, 0.15) is 28.1 Å². The van der Waals surface area contributed by atoms with Gasteiger partial charge in [0.05, 0.1) is 11.1 Å². The Labute approximate surface area is 208 Å². The number of nitrogens with one attached hydrogen (secondary N) is 2. The Morgan fingerprint density at radius 3 is 1.47 bits per heavy atom. The van der Waals surface area contributed by atoms with Crippen LogP contribution in [0, 0.1) is 13.8 Å². The lowest BCUT2D eigenvalue weighted by Gasteiger charge is -2.16. The van der Waals surface area contributed by atoms with Crippen LogP contribution < -0.4 is 10.6 Å². The summed E-state index contributed by atoms with van der Waals surface area (Å²) in [5.74, 6) is -2.05. The van der Waals surface area contributed by atoms with Gasteiger partial charge < -0.3 is 15.2 Å². The first kappa shape index (κ1) is 27.0. The maximum Gasteiger partial charge on any atom is 0.449 e. The van der Waals surface area contributed by atoms with Gasteiger partial charge in [0, 0.05) is 18.4 Å². The molecular formula is C23H17F9N6. The van der Waals surface area contributed by atoms with Crippen molar-refractivity contribution in [3.05, 3.63) is 64.5 Å². The number of anilines is 4. The van der Waals surface area contributed by atoms with E-state index in [-0.39, 0.29) is 39.8 Å². The Bertz CT molecular complexity index is 1520. The molecule has 2 aromatic carbocycles. The normalized spacial score (nSPS) is 12.7. The summed E-state index contributed by atoms with van der Waals surface area (Å²) in [4.78, 5) is 11.5. The number of hydrogen-bond donors (Lipinski definition) is 2. The van der Waals surface area contributed by atoms with E-state index in [1.54, 1.807) is 0 Å². The van der Waals surface area contributed by atoms with Crippen LogP contribution in [0.3, 0.4) is 0 Å². The Balaban J connectivity index is 1.88. The molecule has 0 spiro atoms. The van der Waals surface area contributed by atoms with Gasteiger partial charge in [0.1, 0.15) is 0 Å². The van der Waals surface area contributed by atoms with E-state index in [9.17, 15) is 39.5 Å². The van der Waals surface area contributed by atoms with Crippen molar-refractivity contribution in [1.82, 2.24) is 19.5 Å². The molecule has 15 heteroatoms. The fraction of sp³-hybridized carbons (Fsp3) is 0.261. The minimum atomic E-state index is -4.88. The van der Waals surface area contributed by atoms with E-state index in [0.29, 0.717) is 4.57 Å². The van der Waals surface area contributed by atoms with Crippen LogP contribution >= 0.6 is 0 Å². The zero-order chi connectivity index (χ0) is 28.2. The number of halogens is 9. The van der Waals surface area contributed by atoms with Crippen LogP contribution in [-0.2, 0) is 25.6 Å². The first-order valence-corrected chi connectivity index (χ1v) is 10.7. The second kappa shape index (κ2) is 9.06. The van der Waals surface area contributed by atoms with Crippen LogP contribution in [-0.4, -0.2) is 19.5 Å². The summed E-state index contributed by atoms with van der Waals surface area (Å²) in [6, 6.07) is 5.92. The predicted octanol–water partition coefficient (Wildman–Crippen LogP) is 7.52. The average molecular weight is 548 g/mol. The zero-order valence-corrected chi connectivity index (χ0v) is 19.7. The number of benzene rings is 2. The number of rotatable bonds is 4.